The first-order valence-electron chi connectivity index (χ1n) is 11.2. The summed E-state index contributed by atoms with van der Waals surface area (Å²) in [7, 11) is 0. The normalized spacial score (nSPS) is 15.4. The minimum atomic E-state index is 0.322. The summed E-state index contributed by atoms with van der Waals surface area (Å²) in [5.74, 6) is 0.322. The molecule has 3 heterocycles. The molecule has 6 heteroatoms. The number of aryl methyl sites for hydroxylation is 1. The molecule has 0 saturated carbocycles. The highest BCUT2D eigenvalue weighted by Gasteiger charge is 2.25. The van der Waals surface area contributed by atoms with E-state index in [1.54, 1.807) is 17.8 Å². The number of phenols is 1. The Labute approximate surface area is 201 Å². The summed E-state index contributed by atoms with van der Waals surface area (Å²) in [6.45, 7) is 8.48. The first kappa shape index (κ1) is 21.6. The number of hydrogen-bond donors (Lipinski definition) is 1. The minimum absolute atomic E-state index is 0.322. The summed E-state index contributed by atoms with van der Waals surface area (Å²) >= 11 is 5.51. The van der Waals surface area contributed by atoms with Crippen molar-refractivity contribution in [2.75, 3.05) is 11.4 Å². The highest BCUT2D eigenvalue weighted by molar-refractivity contribution is 8.03. The molecule has 1 N–H and O–H groups in total. The number of thioether (sulfide) groups is 1. The molecule has 0 atom stereocenters. The van der Waals surface area contributed by atoms with Crippen molar-refractivity contribution in [3.05, 3.63) is 63.5 Å². The molecule has 1 aliphatic heterocycles. The van der Waals surface area contributed by atoms with E-state index in [-0.39, 0.29) is 0 Å². The van der Waals surface area contributed by atoms with E-state index in [1.807, 2.05) is 34.8 Å². The summed E-state index contributed by atoms with van der Waals surface area (Å²) in [6, 6.07) is 12.4. The quantitative estimate of drug-likeness (QED) is 0.286. The lowest BCUT2D eigenvalue weighted by molar-refractivity contribution is -0.664. The largest absolute Gasteiger partial charge is 0.508 e. The highest BCUT2D eigenvalue weighted by Crippen LogP contribution is 2.47. The lowest BCUT2D eigenvalue weighted by Crippen LogP contribution is -2.33. The third-order valence-electron chi connectivity index (χ3n) is 5.81. The van der Waals surface area contributed by atoms with Crippen LogP contribution in [-0.2, 0) is 6.54 Å². The number of aromatic nitrogens is 1. The number of hydrogen-bond acceptors (Lipinski definition) is 5. The first-order chi connectivity index (χ1) is 15.6. The van der Waals surface area contributed by atoms with Crippen LogP contribution in [-0.4, -0.2) is 11.7 Å². The Morgan fingerprint density at radius 3 is 2.78 bits per heavy atom. The van der Waals surface area contributed by atoms with Crippen LogP contribution < -0.4 is 9.47 Å². The predicted molar refractivity (Wildman–Crippen MR) is 141 cm³/mol. The van der Waals surface area contributed by atoms with Gasteiger partial charge in [-0.1, -0.05) is 42.5 Å². The second-order valence-electron chi connectivity index (χ2n) is 7.89. The zero-order chi connectivity index (χ0) is 22.2. The van der Waals surface area contributed by atoms with E-state index < -0.39 is 0 Å². The standard InChI is InChI=1S/C26H26N2OS3/c1-4-7-17(14-23-27(5-2)20-16-19(29)9-11-21(20)31-23)15-24-28(6-3)25-22(32-24)10-8-18-12-13-30-26(18)25/h8-16H,4-7H2,1-3H3/p+1. The third-order valence-corrected chi connectivity index (χ3v) is 8.96. The van der Waals surface area contributed by atoms with Crippen molar-refractivity contribution in [3.63, 3.8) is 0 Å². The zero-order valence-corrected chi connectivity index (χ0v) is 21.0. The summed E-state index contributed by atoms with van der Waals surface area (Å²) in [6.07, 6.45) is 6.88. The summed E-state index contributed by atoms with van der Waals surface area (Å²) in [4.78, 5) is 3.51. The summed E-state index contributed by atoms with van der Waals surface area (Å²) < 4.78 is 5.21. The number of phenolic OH excluding ortho intramolecular Hbond substituents is 1. The van der Waals surface area contributed by atoms with E-state index in [4.69, 9.17) is 0 Å². The monoisotopic (exact) mass is 479 g/mol. The van der Waals surface area contributed by atoms with Gasteiger partial charge >= 0.3 is 0 Å². The molecule has 164 valence electrons. The average molecular weight is 480 g/mol. The van der Waals surface area contributed by atoms with Crippen molar-refractivity contribution >= 4 is 66.5 Å². The molecule has 0 saturated heterocycles. The van der Waals surface area contributed by atoms with Crippen LogP contribution in [0.5, 0.6) is 5.75 Å². The topological polar surface area (TPSA) is 27.4 Å². The Morgan fingerprint density at radius 2 is 2.00 bits per heavy atom. The van der Waals surface area contributed by atoms with Gasteiger partial charge in [-0.25, -0.2) is 0 Å². The number of thiophene rings is 1. The van der Waals surface area contributed by atoms with Gasteiger partial charge in [0.05, 0.1) is 10.7 Å². The third kappa shape index (κ3) is 3.74. The number of fused-ring (bicyclic) bond motifs is 4. The van der Waals surface area contributed by atoms with E-state index in [0.717, 1.165) is 31.6 Å². The van der Waals surface area contributed by atoms with Crippen molar-refractivity contribution in [1.29, 1.82) is 0 Å². The molecule has 0 radical (unpaired) electrons. The fraction of sp³-hybridized carbons (Fsp3) is 0.269. The van der Waals surface area contributed by atoms with Gasteiger partial charge in [0.2, 0.25) is 5.52 Å². The van der Waals surface area contributed by atoms with Gasteiger partial charge in [0.25, 0.3) is 5.01 Å². The lowest BCUT2D eigenvalue weighted by atomic mass is 10.1. The molecule has 0 fully saturated rings. The number of aromatic hydroxyl groups is 1. The molecule has 4 aromatic rings. The van der Waals surface area contributed by atoms with E-state index in [1.165, 1.54) is 40.8 Å². The molecular weight excluding hydrogens is 453 g/mol. The van der Waals surface area contributed by atoms with Gasteiger partial charge in [-0.3, -0.25) is 0 Å². The Kier molecular flexibility index (Phi) is 6.01. The molecule has 3 nitrogen and oxygen atoms in total. The van der Waals surface area contributed by atoms with Gasteiger partial charge in [0.1, 0.15) is 21.7 Å². The van der Waals surface area contributed by atoms with Gasteiger partial charge in [-0.2, -0.15) is 4.57 Å². The number of thiazole rings is 1. The Balaban J connectivity index is 1.60. The second-order valence-corrected chi connectivity index (χ2v) is 10.9. The van der Waals surface area contributed by atoms with Crippen LogP contribution in [0.15, 0.2) is 63.4 Å². The molecule has 1 aliphatic rings. The van der Waals surface area contributed by atoms with Crippen LogP contribution in [0.2, 0.25) is 0 Å². The molecule has 0 spiro atoms. The van der Waals surface area contributed by atoms with Crippen molar-refractivity contribution < 1.29 is 9.67 Å². The van der Waals surface area contributed by atoms with E-state index >= 15 is 0 Å². The zero-order valence-electron chi connectivity index (χ0n) is 18.6. The van der Waals surface area contributed by atoms with Crippen LogP contribution in [0.4, 0.5) is 5.69 Å². The van der Waals surface area contributed by atoms with Crippen LogP contribution in [0.1, 0.15) is 38.6 Å². The van der Waals surface area contributed by atoms with Crippen LogP contribution >= 0.6 is 34.4 Å². The summed E-state index contributed by atoms with van der Waals surface area (Å²) in [5, 5.41) is 16.0. The van der Waals surface area contributed by atoms with E-state index in [0.29, 0.717) is 5.75 Å². The number of benzene rings is 2. The number of nitrogens with zero attached hydrogens (tertiary/aromatic N) is 2. The minimum Gasteiger partial charge on any atom is -0.508 e. The van der Waals surface area contributed by atoms with Gasteiger partial charge < -0.3 is 10.0 Å². The molecule has 0 amide bonds. The maximum absolute atomic E-state index is 9.98. The molecule has 2 aromatic heterocycles. The average Bonchev–Trinajstić information content (AvgIpc) is 3.47. The Bertz CT molecular complexity index is 1360. The van der Waals surface area contributed by atoms with Gasteiger partial charge in [-0.15, -0.1) is 11.3 Å². The highest BCUT2D eigenvalue weighted by atomic mass is 32.2. The Morgan fingerprint density at radius 1 is 1.12 bits per heavy atom. The number of rotatable bonds is 6. The number of anilines is 1. The maximum atomic E-state index is 9.98. The first-order valence-corrected chi connectivity index (χ1v) is 13.7. The lowest BCUT2D eigenvalue weighted by Gasteiger charge is -2.18. The molecular formula is C26H27N2OS3+. The molecule has 0 unspecified atom stereocenters. The number of allylic oxidation sites excluding steroid dienone is 2. The van der Waals surface area contributed by atoms with Gasteiger partial charge in [0.15, 0.2) is 0 Å². The van der Waals surface area contributed by atoms with Gasteiger partial charge in [0, 0.05) is 23.6 Å². The molecule has 2 aromatic carbocycles. The van der Waals surface area contributed by atoms with Crippen molar-refractivity contribution in [2.24, 2.45) is 0 Å². The SMILES string of the molecule is CCCC(=Cc1sc2ccc3ccsc3c2[n+]1CC)C=C1Sc2ccc(O)cc2N1CC. The van der Waals surface area contributed by atoms with Crippen LogP contribution in [0, 0.1) is 0 Å². The van der Waals surface area contributed by atoms with Crippen molar-refractivity contribution in [3.8, 4) is 5.75 Å². The molecule has 32 heavy (non-hydrogen) atoms. The molecule has 0 bridgehead atoms. The second kappa shape index (κ2) is 8.93. The van der Waals surface area contributed by atoms with E-state index in [2.05, 4.69) is 66.0 Å². The predicted octanol–water partition coefficient (Wildman–Crippen LogP) is 7.79. The smallest absolute Gasteiger partial charge is 0.263 e. The van der Waals surface area contributed by atoms with Gasteiger partial charge in [-0.05, 0) is 66.9 Å². The molecule has 0 aliphatic carbocycles. The van der Waals surface area contributed by atoms with Crippen molar-refractivity contribution in [2.45, 2.75) is 45.1 Å². The van der Waals surface area contributed by atoms with E-state index in [9.17, 15) is 5.11 Å². The van der Waals surface area contributed by atoms with Crippen LogP contribution in [0.3, 0.4) is 0 Å². The maximum Gasteiger partial charge on any atom is 0.263 e. The van der Waals surface area contributed by atoms with Crippen LogP contribution in [0.25, 0.3) is 26.4 Å². The summed E-state index contributed by atoms with van der Waals surface area (Å²) in [5.41, 5.74) is 3.82. The van der Waals surface area contributed by atoms with Crippen molar-refractivity contribution in [1.82, 2.24) is 0 Å². The fourth-order valence-corrected chi connectivity index (χ4v) is 7.76. The Hall–Kier alpha value is -2.28. The fourth-order valence-electron chi connectivity index (χ4n) is 4.35. The molecule has 5 rings (SSSR count).